The lowest BCUT2D eigenvalue weighted by atomic mass is 9.80. The number of amides is 2. The molecule has 73 heavy (non-hydrogen) atoms. The van der Waals surface area contributed by atoms with E-state index >= 15 is 4.57 Å². The van der Waals surface area contributed by atoms with Crippen LogP contribution in [-0.4, -0.2) is 102 Å². The number of carbonyl (C=O) groups is 2. The van der Waals surface area contributed by atoms with Crippen LogP contribution in [0.2, 0.25) is 0 Å². The Balaban J connectivity index is 1.16. The van der Waals surface area contributed by atoms with E-state index in [9.17, 15) is 14.4 Å². The molecule has 3 heterocycles. The second kappa shape index (κ2) is 23.5. The summed E-state index contributed by atoms with van der Waals surface area (Å²) in [4.78, 5) is 46.9. The van der Waals surface area contributed by atoms with Gasteiger partial charge in [-0.25, -0.2) is 14.0 Å². The molecular formula is C56H64N5O11P. The molecule has 0 spiro atoms. The van der Waals surface area contributed by atoms with Gasteiger partial charge in [0.2, 0.25) is 0 Å². The number of aromatic nitrogens is 2. The zero-order chi connectivity index (χ0) is 51.7. The summed E-state index contributed by atoms with van der Waals surface area (Å²) < 4.78 is 63.2. The third-order valence-electron chi connectivity index (χ3n) is 13.3. The molecule has 0 bridgehead atoms. The van der Waals surface area contributed by atoms with Crippen LogP contribution in [0, 0.1) is 0 Å². The first-order chi connectivity index (χ1) is 35.3. The van der Waals surface area contributed by atoms with Crippen molar-refractivity contribution in [3.8, 4) is 17.2 Å². The summed E-state index contributed by atoms with van der Waals surface area (Å²) in [6.07, 6.45) is -0.0575. The third kappa shape index (κ3) is 11.8. The molecule has 16 nitrogen and oxygen atoms in total. The molecule has 1 N–H and O–H groups in total. The largest absolute Gasteiger partial charge is 0.497 e. The van der Waals surface area contributed by atoms with Crippen LogP contribution in [0.3, 0.4) is 0 Å². The Bertz CT molecular complexity index is 2830. The lowest BCUT2D eigenvalue weighted by molar-refractivity contribution is -0.0939. The van der Waals surface area contributed by atoms with Crippen LogP contribution in [0.1, 0.15) is 90.6 Å². The number of nitrogens with one attached hydrogen (secondary N) is 1. The van der Waals surface area contributed by atoms with Gasteiger partial charge < -0.3 is 33.9 Å². The molecule has 2 aliphatic heterocycles. The molecule has 5 aromatic carbocycles. The normalized spacial score (nSPS) is 18.7. The van der Waals surface area contributed by atoms with Gasteiger partial charge in [-0.1, -0.05) is 72.8 Å². The van der Waals surface area contributed by atoms with E-state index in [0.29, 0.717) is 41.3 Å². The summed E-state index contributed by atoms with van der Waals surface area (Å²) in [7, 11) is 0.493. The molecule has 2 aliphatic rings. The molecule has 0 aliphatic carbocycles. The van der Waals surface area contributed by atoms with Crippen LogP contribution in [0.25, 0.3) is 0 Å². The van der Waals surface area contributed by atoms with E-state index in [2.05, 4.69) is 10.3 Å². The molecule has 17 heteroatoms. The van der Waals surface area contributed by atoms with Crippen LogP contribution in [-0.2, 0) is 28.7 Å². The van der Waals surface area contributed by atoms with Crippen molar-refractivity contribution < 1.29 is 46.9 Å². The summed E-state index contributed by atoms with van der Waals surface area (Å²) in [5, 5.41) is 2.70. The number of ether oxygens (including phenoxy) is 5. The maximum atomic E-state index is 16.0. The highest BCUT2D eigenvalue weighted by Gasteiger charge is 2.49. The van der Waals surface area contributed by atoms with Gasteiger partial charge in [-0.3, -0.25) is 23.2 Å². The number of likely N-dealkylation sites (tertiary alicyclic amines) is 1. The van der Waals surface area contributed by atoms with E-state index in [1.807, 2.05) is 107 Å². The zero-order valence-electron chi connectivity index (χ0n) is 42.3. The quantitative estimate of drug-likeness (QED) is 0.0535. The Morgan fingerprint density at radius 3 is 1.84 bits per heavy atom. The first kappa shape index (κ1) is 52.7. The second-order valence-corrected chi connectivity index (χ2v) is 20.4. The summed E-state index contributed by atoms with van der Waals surface area (Å²) in [5.74, 6) is 1.41. The standard InChI is InChI=1S/C56H64N5O11P/c1-38(2)61(39(3)4)73(65,70-36-45-19-14-33-59(45)54(63)41-20-26-46(66-5)27-21-41)72-49-35-52(60-34-32-51(58-55(60)64)57-53(62)40-15-10-8-11-16-40)71-50(49)37-69-56(42-17-12-9-13-18-42,43-22-28-47(67-6)29-23-43)44-24-30-48(68-7)31-25-44/h8-13,15-18,20-32,34,38-39,45,49-50,52H,14,19,33,35-37H2,1-7H3,(H,57,58,62,64)/t45-,49+,50-,52-,73?/m1/s1. The predicted molar refractivity (Wildman–Crippen MR) is 277 cm³/mol. The Morgan fingerprint density at radius 1 is 0.740 bits per heavy atom. The van der Waals surface area contributed by atoms with Gasteiger partial charge in [0, 0.05) is 42.4 Å². The van der Waals surface area contributed by atoms with Gasteiger partial charge in [0.25, 0.3) is 11.8 Å². The number of rotatable bonds is 21. The third-order valence-corrected chi connectivity index (χ3v) is 15.8. The van der Waals surface area contributed by atoms with Gasteiger partial charge in [-0.15, -0.1) is 0 Å². The van der Waals surface area contributed by atoms with E-state index in [0.717, 1.165) is 23.1 Å². The van der Waals surface area contributed by atoms with Crippen LogP contribution in [0.15, 0.2) is 151 Å². The maximum absolute atomic E-state index is 16.0. The molecule has 6 aromatic rings. The van der Waals surface area contributed by atoms with Crippen LogP contribution < -0.4 is 25.2 Å². The fourth-order valence-corrected chi connectivity index (χ4v) is 12.1. The van der Waals surface area contributed by atoms with Gasteiger partial charge >= 0.3 is 13.4 Å². The summed E-state index contributed by atoms with van der Waals surface area (Å²) in [5.41, 5.74) is 1.29. The first-order valence-corrected chi connectivity index (χ1v) is 26.0. The smallest absolute Gasteiger partial charge is 0.409 e. The van der Waals surface area contributed by atoms with Crippen molar-refractivity contribution in [2.75, 3.05) is 46.4 Å². The minimum Gasteiger partial charge on any atom is -0.497 e. The number of benzene rings is 5. The molecule has 0 saturated carbocycles. The minimum atomic E-state index is -4.29. The van der Waals surface area contributed by atoms with Crippen molar-refractivity contribution in [3.05, 3.63) is 184 Å². The Kier molecular flexibility index (Phi) is 16.9. The predicted octanol–water partition coefficient (Wildman–Crippen LogP) is 9.75. The number of methoxy groups -OCH3 is 3. The monoisotopic (exact) mass is 1010 g/mol. The van der Waals surface area contributed by atoms with E-state index < -0.39 is 49.4 Å². The van der Waals surface area contributed by atoms with Crippen molar-refractivity contribution in [3.63, 3.8) is 0 Å². The minimum absolute atomic E-state index is 0.0254. The molecule has 384 valence electrons. The lowest BCUT2D eigenvalue weighted by Crippen LogP contribution is -2.42. The fraction of sp³-hybridized carbons (Fsp3) is 0.357. The second-order valence-electron chi connectivity index (χ2n) is 18.5. The molecule has 0 radical (unpaired) electrons. The SMILES string of the molecule is COc1ccc(C(=O)N2CCC[C@@H]2COP(=O)(O[C@H]2C[C@H](n3ccc(NC(=O)c4ccccc4)nc3=O)O[C@@H]2COC(c2ccccc2)(c2ccc(OC)cc2)c2ccc(OC)cc2)N(C(C)C)C(C)C)cc1. The van der Waals surface area contributed by atoms with Crippen molar-refractivity contribution in [2.24, 2.45) is 0 Å². The fourth-order valence-electron chi connectivity index (χ4n) is 9.73. The van der Waals surface area contributed by atoms with Crippen LogP contribution >= 0.6 is 7.75 Å². The summed E-state index contributed by atoms with van der Waals surface area (Å²) in [6.45, 7) is 7.97. The van der Waals surface area contributed by atoms with E-state index in [-0.39, 0.29) is 43.4 Å². The molecule has 2 fully saturated rings. The van der Waals surface area contributed by atoms with Crippen LogP contribution in [0.5, 0.6) is 17.2 Å². The number of hydrogen-bond donors (Lipinski definition) is 1. The molecule has 2 amide bonds. The van der Waals surface area contributed by atoms with Gasteiger partial charge in [0.15, 0.2) is 0 Å². The van der Waals surface area contributed by atoms with Gasteiger partial charge in [-0.2, -0.15) is 4.98 Å². The van der Waals surface area contributed by atoms with Crippen molar-refractivity contribution in [1.82, 2.24) is 19.1 Å². The highest BCUT2D eigenvalue weighted by molar-refractivity contribution is 7.51. The lowest BCUT2D eigenvalue weighted by Gasteiger charge is -2.39. The number of anilines is 1. The van der Waals surface area contributed by atoms with Crippen molar-refractivity contribution in [2.45, 2.75) is 89.1 Å². The van der Waals surface area contributed by atoms with Crippen molar-refractivity contribution in [1.29, 1.82) is 0 Å². The summed E-state index contributed by atoms with van der Waals surface area (Å²) in [6, 6.07) is 41.1. The first-order valence-electron chi connectivity index (χ1n) is 24.5. The van der Waals surface area contributed by atoms with E-state index in [4.69, 9.17) is 32.7 Å². The molecule has 5 atom stereocenters. The number of nitrogens with zero attached hydrogens (tertiary/aromatic N) is 4. The van der Waals surface area contributed by atoms with Crippen LogP contribution in [0.4, 0.5) is 5.82 Å². The zero-order valence-corrected chi connectivity index (χ0v) is 43.2. The van der Waals surface area contributed by atoms with Gasteiger partial charge in [0.1, 0.15) is 47.1 Å². The molecule has 1 unspecified atom stereocenters. The Labute approximate surface area is 426 Å². The average Bonchev–Trinajstić information content (AvgIpc) is 4.05. The van der Waals surface area contributed by atoms with Gasteiger partial charge in [0.05, 0.1) is 40.6 Å². The average molecular weight is 1010 g/mol. The maximum Gasteiger partial charge on any atom is 0.409 e. The molecular weight excluding hydrogens is 950 g/mol. The van der Waals surface area contributed by atoms with E-state index in [1.54, 1.807) is 85.5 Å². The van der Waals surface area contributed by atoms with Gasteiger partial charge in [-0.05, 0) is 124 Å². The van der Waals surface area contributed by atoms with Crippen molar-refractivity contribution >= 4 is 25.4 Å². The topological polar surface area (TPSA) is 169 Å². The number of hydrogen-bond acceptors (Lipinski definition) is 12. The Morgan fingerprint density at radius 2 is 1.29 bits per heavy atom. The molecule has 8 rings (SSSR count). The molecule has 2 saturated heterocycles. The summed E-state index contributed by atoms with van der Waals surface area (Å²) >= 11 is 0. The highest BCUT2D eigenvalue weighted by atomic mass is 31.2. The molecule has 1 aromatic heterocycles. The number of carbonyl (C=O) groups excluding carboxylic acids is 2. The highest BCUT2D eigenvalue weighted by Crippen LogP contribution is 2.58. The Hall–Kier alpha value is -6.65. The van der Waals surface area contributed by atoms with E-state index in [1.165, 1.54) is 16.8 Å².